The van der Waals surface area contributed by atoms with Crippen molar-refractivity contribution < 1.29 is 31.2 Å². The Morgan fingerprint density at radius 3 is 2.15 bits per heavy atom. The SMILES string of the molecule is C=CCC(CC=C)(N=C(c1ccccc1)c1ccccc1[N-]C(=O)c1ccccn1)C(=O)O.[Ni]. The molecule has 1 aromatic heterocycles. The molecule has 34 heavy (non-hydrogen) atoms. The first-order chi connectivity index (χ1) is 16.0. The normalized spacial score (nSPS) is 11.1. The predicted octanol–water partition coefficient (Wildman–Crippen LogP) is 5.74. The summed E-state index contributed by atoms with van der Waals surface area (Å²) in [5, 5.41) is 14.4. The molecule has 176 valence electrons. The first kappa shape index (κ1) is 26.4. The molecule has 7 heteroatoms. The second kappa shape index (κ2) is 12.4. The van der Waals surface area contributed by atoms with E-state index in [1.54, 1.807) is 42.5 Å². The molecule has 1 N–H and O–H groups in total. The average Bonchev–Trinajstić information content (AvgIpc) is 2.84. The predicted molar refractivity (Wildman–Crippen MR) is 130 cm³/mol. The quantitative estimate of drug-likeness (QED) is 0.220. The van der Waals surface area contributed by atoms with Crippen LogP contribution < -0.4 is 0 Å². The minimum absolute atomic E-state index is 0. The van der Waals surface area contributed by atoms with E-state index >= 15 is 0 Å². The number of benzene rings is 2. The molecule has 0 aliphatic rings. The van der Waals surface area contributed by atoms with Crippen LogP contribution in [-0.4, -0.2) is 33.2 Å². The van der Waals surface area contributed by atoms with Gasteiger partial charge < -0.3 is 15.2 Å². The number of aromatic nitrogens is 1. The molecule has 0 fully saturated rings. The van der Waals surface area contributed by atoms with Gasteiger partial charge in [0, 0.05) is 41.1 Å². The molecule has 0 bridgehead atoms. The number of para-hydroxylation sites is 1. The van der Waals surface area contributed by atoms with Crippen LogP contribution in [0.15, 0.2) is 109 Å². The van der Waals surface area contributed by atoms with Gasteiger partial charge in [0.2, 0.25) is 0 Å². The fourth-order valence-corrected chi connectivity index (χ4v) is 3.39. The van der Waals surface area contributed by atoms with Crippen LogP contribution in [0.5, 0.6) is 0 Å². The van der Waals surface area contributed by atoms with Crippen LogP contribution in [0, 0.1) is 0 Å². The fourth-order valence-electron chi connectivity index (χ4n) is 3.39. The molecule has 0 saturated carbocycles. The maximum Gasteiger partial charge on any atom is 0.332 e. The number of aliphatic imine (C=N–C) groups is 1. The van der Waals surface area contributed by atoms with E-state index < -0.39 is 17.4 Å². The van der Waals surface area contributed by atoms with E-state index in [4.69, 9.17) is 4.99 Å². The largest absolute Gasteiger partial charge is 0.621 e. The fraction of sp³-hybridized carbons (Fsp3) is 0.111. The van der Waals surface area contributed by atoms with Crippen LogP contribution in [0.2, 0.25) is 0 Å². The number of carboxylic acid groups (broad SMARTS) is 1. The van der Waals surface area contributed by atoms with Crippen molar-refractivity contribution >= 4 is 23.3 Å². The van der Waals surface area contributed by atoms with Crippen molar-refractivity contribution in [1.82, 2.24) is 4.98 Å². The van der Waals surface area contributed by atoms with Gasteiger partial charge in [0.25, 0.3) is 0 Å². The Hall–Kier alpha value is -3.83. The van der Waals surface area contributed by atoms with Crippen molar-refractivity contribution in [2.45, 2.75) is 18.4 Å². The van der Waals surface area contributed by atoms with Crippen LogP contribution in [0.4, 0.5) is 5.69 Å². The van der Waals surface area contributed by atoms with E-state index in [1.165, 1.54) is 18.3 Å². The molecule has 3 aromatic rings. The summed E-state index contributed by atoms with van der Waals surface area (Å²) in [4.78, 5) is 33.9. The van der Waals surface area contributed by atoms with Gasteiger partial charge in [0.05, 0.1) is 11.4 Å². The number of carbonyl (C=O) groups excluding carboxylic acids is 1. The zero-order valence-electron chi connectivity index (χ0n) is 18.4. The molecular formula is C27H24N3NiO3-. The second-order valence-electron chi connectivity index (χ2n) is 7.30. The second-order valence-corrected chi connectivity index (χ2v) is 7.30. The minimum Gasteiger partial charge on any atom is -0.621 e. The number of rotatable bonds is 10. The van der Waals surface area contributed by atoms with Crippen molar-refractivity contribution in [3.63, 3.8) is 0 Å². The molecule has 0 unspecified atom stereocenters. The van der Waals surface area contributed by atoms with Crippen LogP contribution in [0.1, 0.15) is 34.5 Å². The minimum atomic E-state index is -1.49. The molecule has 0 radical (unpaired) electrons. The standard InChI is InChI=1S/C27H25N3O3.Ni/c1-3-17-27(18-4-2,26(32)33)30-24(20-12-6-5-7-13-20)21-14-8-9-15-22(21)29-25(31)23-16-10-11-19-28-23;/h3-16,19H,1-2,17-18H2,(H2,29,30,31,32,33);/p-1. The van der Waals surface area contributed by atoms with Crippen molar-refractivity contribution in [3.05, 3.63) is 126 Å². The van der Waals surface area contributed by atoms with Crippen molar-refractivity contribution in [2.75, 3.05) is 0 Å². The molecule has 6 nitrogen and oxygen atoms in total. The summed E-state index contributed by atoms with van der Waals surface area (Å²) in [6, 6.07) is 21.2. The number of pyridine rings is 1. The summed E-state index contributed by atoms with van der Waals surface area (Å²) < 4.78 is 0. The Bertz CT molecular complexity index is 1170. The summed E-state index contributed by atoms with van der Waals surface area (Å²) in [6.07, 6.45) is 4.81. The number of carbonyl (C=O) groups is 2. The van der Waals surface area contributed by atoms with Gasteiger partial charge in [-0.25, -0.2) is 4.79 Å². The molecule has 1 amide bonds. The molecule has 1 heterocycles. The van der Waals surface area contributed by atoms with E-state index in [-0.39, 0.29) is 35.0 Å². The smallest absolute Gasteiger partial charge is 0.332 e. The monoisotopic (exact) mass is 496 g/mol. The molecule has 0 spiro atoms. The first-order valence-electron chi connectivity index (χ1n) is 10.4. The number of aliphatic carboxylic acids is 1. The van der Waals surface area contributed by atoms with Gasteiger partial charge in [-0.2, -0.15) is 0 Å². The Kier molecular flexibility index (Phi) is 9.66. The Morgan fingerprint density at radius 2 is 1.56 bits per heavy atom. The van der Waals surface area contributed by atoms with E-state index in [0.29, 0.717) is 22.5 Å². The molecular weight excluding hydrogens is 473 g/mol. The maximum atomic E-state index is 12.7. The van der Waals surface area contributed by atoms with Gasteiger partial charge in [0.15, 0.2) is 5.54 Å². The summed E-state index contributed by atoms with van der Waals surface area (Å²) in [5.41, 5.74) is 0.731. The van der Waals surface area contributed by atoms with Gasteiger partial charge >= 0.3 is 5.97 Å². The van der Waals surface area contributed by atoms with E-state index in [1.807, 2.05) is 30.3 Å². The molecule has 0 aliphatic carbocycles. The summed E-state index contributed by atoms with van der Waals surface area (Å²) in [6.45, 7) is 7.43. The van der Waals surface area contributed by atoms with Gasteiger partial charge in [-0.05, 0) is 17.7 Å². The average molecular weight is 497 g/mol. The van der Waals surface area contributed by atoms with E-state index in [9.17, 15) is 14.7 Å². The number of carboxylic acids is 1. The van der Waals surface area contributed by atoms with Crippen molar-refractivity contribution in [2.24, 2.45) is 4.99 Å². The van der Waals surface area contributed by atoms with Crippen molar-refractivity contribution in [1.29, 1.82) is 0 Å². The Balaban J connectivity index is 0.00000408. The number of hydrogen-bond donors (Lipinski definition) is 1. The van der Waals surface area contributed by atoms with Gasteiger partial charge in [-0.15, -0.1) is 18.8 Å². The zero-order valence-corrected chi connectivity index (χ0v) is 19.4. The summed E-state index contributed by atoms with van der Waals surface area (Å²) in [5.74, 6) is -1.59. The topological polar surface area (TPSA) is 93.7 Å². The van der Waals surface area contributed by atoms with E-state index in [2.05, 4.69) is 23.5 Å². The number of hydrogen-bond acceptors (Lipinski definition) is 4. The van der Waals surface area contributed by atoms with Crippen LogP contribution in [0.25, 0.3) is 5.32 Å². The molecule has 0 aliphatic heterocycles. The van der Waals surface area contributed by atoms with Crippen LogP contribution in [0.3, 0.4) is 0 Å². The molecule has 2 aromatic carbocycles. The third kappa shape index (κ3) is 6.15. The Labute approximate surface area is 209 Å². The Morgan fingerprint density at radius 1 is 0.941 bits per heavy atom. The third-order valence-electron chi connectivity index (χ3n) is 5.00. The van der Waals surface area contributed by atoms with Crippen molar-refractivity contribution in [3.8, 4) is 0 Å². The maximum absolute atomic E-state index is 12.7. The zero-order chi connectivity index (χ0) is 23.7. The van der Waals surface area contributed by atoms with Gasteiger partial charge in [-0.1, -0.05) is 72.8 Å². The number of amides is 1. The number of nitrogens with zero attached hydrogens (tertiary/aromatic N) is 3. The molecule has 0 atom stereocenters. The van der Waals surface area contributed by atoms with Gasteiger partial charge in [0.1, 0.15) is 5.91 Å². The van der Waals surface area contributed by atoms with Crippen LogP contribution in [-0.2, 0) is 21.3 Å². The third-order valence-corrected chi connectivity index (χ3v) is 5.00. The van der Waals surface area contributed by atoms with Gasteiger partial charge in [-0.3, -0.25) is 9.98 Å². The molecule has 0 saturated heterocycles. The molecule has 3 rings (SSSR count). The van der Waals surface area contributed by atoms with Crippen LogP contribution >= 0.6 is 0 Å². The van der Waals surface area contributed by atoms with E-state index in [0.717, 1.165) is 0 Å². The summed E-state index contributed by atoms with van der Waals surface area (Å²) in [7, 11) is 0. The summed E-state index contributed by atoms with van der Waals surface area (Å²) >= 11 is 0. The first-order valence-corrected chi connectivity index (χ1v) is 10.4.